The first-order chi connectivity index (χ1) is 9.74. The maximum absolute atomic E-state index is 11.3. The van der Waals surface area contributed by atoms with Crippen LogP contribution in [0.4, 0.5) is 6.01 Å². The molecule has 2 aromatic rings. The first-order valence-corrected chi connectivity index (χ1v) is 6.63. The van der Waals surface area contributed by atoms with E-state index in [0.717, 1.165) is 18.7 Å². The first-order valence-electron chi connectivity index (χ1n) is 6.63. The smallest absolute Gasteiger partial charge is 0.318 e. The van der Waals surface area contributed by atoms with E-state index in [-0.39, 0.29) is 5.91 Å². The van der Waals surface area contributed by atoms with E-state index in [1.807, 2.05) is 40.1 Å². The number of nitrogens with zero attached hydrogens (tertiary/aromatic N) is 4. The number of anilines is 1. The number of rotatable bonds is 2. The van der Waals surface area contributed by atoms with Gasteiger partial charge in [-0.1, -0.05) is 23.3 Å². The van der Waals surface area contributed by atoms with E-state index >= 15 is 0 Å². The summed E-state index contributed by atoms with van der Waals surface area (Å²) in [6.07, 6.45) is 0. The van der Waals surface area contributed by atoms with Crippen molar-refractivity contribution in [2.24, 2.45) is 0 Å². The van der Waals surface area contributed by atoms with E-state index in [0.29, 0.717) is 25.0 Å². The molecule has 0 spiro atoms. The normalized spacial score (nSPS) is 15.4. The van der Waals surface area contributed by atoms with Gasteiger partial charge < -0.3 is 14.2 Å². The highest BCUT2D eigenvalue weighted by Crippen LogP contribution is 2.22. The minimum atomic E-state index is 0.111. The average molecular weight is 272 g/mol. The molecule has 3 rings (SSSR count). The quantitative estimate of drug-likeness (QED) is 0.827. The molecule has 0 bridgehead atoms. The van der Waals surface area contributed by atoms with E-state index in [9.17, 15) is 4.79 Å². The molecule has 6 heteroatoms. The number of hydrogen-bond acceptors (Lipinski definition) is 5. The van der Waals surface area contributed by atoms with Gasteiger partial charge in [-0.2, -0.15) is 0 Å². The van der Waals surface area contributed by atoms with Crippen molar-refractivity contribution in [3.63, 3.8) is 0 Å². The Bertz CT molecular complexity index is 588. The van der Waals surface area contributed by atoms with Gasteiger partial charge >= 0.3 is 6.01 Å². The van der Waals surface area contributed by atoms with Crippen LogP contribution < -0.4 is 4.90 Å². The van der Waals surface area contributed by atoms with Gasteiger partial charge in [-0.25, -0.2) is 0 Å². The fraction of sp³-hybridized carbons (Fsp3) is 0.357. The fourth-order valence-electron chi connectivity index (χ4n) is 2.25. The predicted molar refractivity (Wildman–Crippen MR) is 74.2 cm³/mol. The lowest BCUT2D eigenvalue weighted by atomic mass is 10.2. The first kappa shape index (κ1) is 12.7. The van der Waals surface area contributed by atoms with E-state index in [2.05, 4.69) is 10.2 Å². The highest BCUT2D eigenvalue weighted by Gasteiger charge is 2.22. The van der Waals surface area contributed by atoms with Crippen LogP contribution in [-0.4, -0.2) is 47.2 Å². The third-order valence-corrected chi connectivity index (χ3v) is 3.43. The summed E-state index contributed by atoms with van der Waals surface area (Å²) in [6.45, 7) is 4.42. The molecule has 0 N–H and O–H groups in total. The standard InChI is InChI=1S/C14H16N4O2/c1-11(19)17-7-9-18(10-8-17)14-16-15-13(20-14)12-5-3-2-4-6-12/h2-6H,7-10H2,1H3. The van der Waals surface area contributed by atoms with Gasteiger partial charge in [0.2, 0.25) is 11.8 Å². The van der Waals surface area contributed by atoms with Crippen molar-refractivity contribution in [2.45, 2.75) is 6.92 Å². The Kier molecular flexibility index (Phi) is 3.37. The Morgan fingerprint density at radius 2 is 1.80 bits per heavy atom. The third-order valence-electron chi connectivity index (χ3n) is 3.43. The Morgan fingerprint density at radius 1 is 1.10 bits per heavy atom. The summed E-state index contributed by atoms with van der Waals surface area (Å²) < 4.78 is 5.71. The molecule has 2 heterocycles. The Hall–Kier alpha value is -2.37. The van der Waals surface area contributed by atoms with Crippen molar-refractivity contribution in [1.29, 1.82) is 0 Å². The molecule has 6 nitrogen and oxygen atoms in total. The topological polar surface area (TPSA) is 62.5 Å². The summed E-state index contributed by atoms with van der Waals surface area (Å²) in [5.41, 5.74) is 0.911. The molecule has 1 aliphatic rings. The van der Waals surface area contributed by atoms with Gasteiger partial charge in [-0.15, -0.1) is 5.10 Å². The van der Waals surface area contributed by atoms with Gasteiger partial charge in [0.15, 0.2) is 0 Å². The van der Waals surface area contributed by atoms with Crippen LogP contribution in [0.15, 0.2) is 34.7 Å². The van der Waals surface area contributed by atoms with E-state index in [4.69, 9.17) is 4.42 Å². The van der Waals surface area contributed by atoms with Crippen molar-refractivity contribution in [2.75, 3.05) is 31.1 Å². The zero-order valence-electron chi connectivity index (χ0n) is 11.3. The largest absolute Gasteiger partial charge is 0.403 e. The molecule has 0 atom stereocenters. The summed E-state index contributed by atoms with van der Waals surface area (Å²) in [4.78, 5) is 15.1. The molecule has 0 radical (unpaired) electrons. The number of piperazine rings is 1. The zero-order chi connectivity index (χ0) is 13.9. The van der Waals surface area contributed by atoms with Crippen molar-refractivity contribution in [3.05, 3.63) is 30.3 Å². The number of hydrogen-bond donors (Lipinski definition) is 0. The minimum Gasteiger partial charge on any atom is -0.403 e. The lowest BCUT2D eigenvalue weighted by molar-refractivity contribution is -0.129. The molecule has 0 unspecified atom stereocenters. The average Bonchev–Trinajstić information content (AvgIpc) is 2.98. The number of aromatic nitrogens is 2. The van der Waals surface area contributed by atoms with Crippen LogP contribution in [0.2, 0.25) is 0 Å². The molecule has 1 amide bonds. The van der Waals surface area contributed by atoms with Crippen LogP contribution in [0.25, 0.3) is 11.5 Å². The molecular weight excluding hydrogens is 256 g/mol. The minimum absolute atomic E-state index is 0.111. The molecule has 0 saturated carbocycles. The van der Waals surface area contributed by atoms with E-state index in [1.165, 1.54) is 0 Å². The van der Waals surface area contributed by atoms with Gasteiger partial charge in [-0.05, 0) is 12.1 Å². The molecule has 20 heavy (non-hydrogen) atoms. The Balaban J connectivity index is 1.71. The molecule has 1 aromatic carbocycles. The number of benzene rings is 1. The number of carbonyl (C=O) groups excluding carboxylic acids is 1. The van der Waals surface area contributed by atoms with Crippen molar-refractivity contribution in [3.8, 4) is 11.5 Å². The van der Waals surface area contributed by atoms with Crippen LogP contribution in [0, 0.1) is 0 Å². The lowest BCUT2D eigenvalue weighted by Crippen LogP contribution is -2.48. The summed E-state index contributed by atoms with van der Waals surface area (Å²) in [6, 6.07) is 10.2. The van der Waals surface area contributed by atoms with E-state index < -0.39 is 0 Å². The SMILES string of the molecule is CC(=O)N1CCN(c2nnc(-c3ccccc3)o2)CC1. The van der Waals surface area contributed by atoms with Crippen LogP contribution >= 0.6 is 0 Å². The highest BCUT2D eigenvalue weighted by atomic mass is 16.4. The second kappa shape index (κ2) is 5.32. The van der Waals surface area contributed by atoms with Crippen LogP contribution in [-0.2, 0) is 4.79 Å². The van der Waals surface area contributed by atoms with Crippen LogP contribution in [0.3, 0.4) is 0 Å². The summed E-state index contributed by atoms with van der Waals surface area (Å²) in [7, 11) is 0. The van der Waals surface area contributed by atoms with E-state index in [1.54, 1.807) is 6.92 Å². The van der Waals surface area contributed by atoms with Gasteiger partial charge in [0.1, 0.15) is 0 Å². The Labute approximate surface area is 117 Å². The Morgan fingerprint density at radius 3 is 2.45 bits per heavy atom. The van der Waals surface area contributed by atoms with Gasteiger partial charge in [0.25, 0.3) is 0 Å². The lowest BCUT2D eigenvalue weighted by Gasteiger charge is -2.32. The highest BCUT2D eigenvalue weighted by molar-refractivity contribution is 5.73. The summed E-state index contributed by atoms with van der Waals surface area (Å²) in [5.74, 6) is 0.634. The summed E-state index contributed by atoms with van der Waals surface area (Å²) in [5, 5.41) is 8.17. The number of amides is 1. The predicted octanol–water partition coefficient (Wildman–Crippen LogP) is 1.41. The molecular formula is C14H16N4O2. The third kappa shape index (κ3) is 2.49. The molecule has 1 saturated heterocycles. The molecule has 0 aliphatic carbocycles. The zero-order valence-corrected chi connectivity index (χ0v) is 11.3. The maximum atomic E-state index is 11.3. The maximum Gasteiger partial charge on any atom is 0.318 e. The van der Waals surface area contributed by atoms with Crippen molar-refractivity contribution in [1.82, 2.24) is 15.1 Å². The van der Waals surface area contributed by atoms with Gasteiger partial charge in [0.05, 0.1) is 0 Å². The van der Waals surface area contributed by atoms with Crippen molar-refractivity contribution >= 4 is 11.9 Å². The molecule has 1 aromatic heterocycles. The summed E-state index contributed by atoms with van der Waals surface area (Å²) >= 11 is 0. The molecule has 1 fully saturated rings. The molecule has 1 aliphatic heterocycles. The van der Waals surface area contributed by atoms with Gasteiger partial charge in [-0.3, -0.25) is 4.79 Å². The molecule has 104 valence electrons. The fourth-order valence-corrected chi connectivity index (χ4v) is 2.25. The monoisotopic (exact) mass is 272 g/mol. The second-order valence-corrected chi connectivity index (χ2v) is 4.75. The van der Waals surface area contributed by atoms with Crippen molar-refractivity contribution < 1.29 is 9.21 Å². The van der Waals surface area contributed by atoms with Crippen LogP contribution in [0.5, 0.6) is 0 Å². The van der Waals surface area contributed by atoms with Crippen LogP contribution in [0.1, 0.15) is 6.92 Å². The number of carbonyl (C=O) groups is 1. The second-order valence-electron chi connectivity index (χ2n) is 4.75. The van der Waals surface area contributed by atoms with Gasteiger partial charge in [0, 0.05) is 38.7 Å².